The molecule has 0 saturated heterocycles. The van der Waals surface area contributed by atoms with Crippen LogP contribution < -0.4 is 4.89 Å². The predicted molar refractivity (Wildman–Crippen MR) is 314 cm³/mol. The third kappa shape index (κ3) is 57.7. The van der Waals surface area contributed by atoms with Gasteiger partial charge in [0.25, 0.3) is 7.82 Å². The van der Waals surface area contributed by atoms with Gasteiger partial charge in [-0.05, 0) is 103 Å². The van der Waals surface area contributed by atoms with E-state index in [1.54, 1.807) is 0 Å². The Labute approximate surface area is 454 Å². The highest BCUT2D eigenvalue weighted by Gasteiger charge is 2.21. The Morgan fingerprint density at radius 3 is 1.08 bits per heavy atom. The van der Waals surface area contributed by atoms with Crippen molar-refractivity contribution in [2.24, 2.45) is 0 Å². The van der Waals surface area contributed by atoms with Crippen molar-refractivity contribution in [1.82, 2.24) is 0 Å². The molecule has 0 spiro atoms. The Balaban J connectivity index is 4.22. The first kappa shape index (κ1) is 70.4. The lowest BCUT2D eigenvalue weighted by molar-refractivity contribution is -0.870. The van der Waals surface area contributed by atoms with E-state index in [2.05, 4.69) is 135 Å². The van der Waals surface area contributed by atoms with E-state index in [4.69, 9.17) is 18.5 Å². The van der Waals surface area contributed by atoms with Crippen LogP contribution in [-0.2, 0) is 32.7 Å². The van der Waals surface area contributed by atoms with E-state index in [1.807, 2.05) is 21.1 Å². The maximum absolute atomic E-state index is 12.8. The number of carbonyl (C=O) groups is 2. The van der Waals surface area contributed by atoms with Gasteiger partial charge in [0, 0.05) is 12.8 Å². The molecule has 0 aromatic rings. The molecular weight excluding hydrogens is 942 g/mol. The SMILES string of the molecule is CC/C=C\C/C=C\C/C=C\C/C=C\C/C=C\C/C=C\CCCCCCC(=O)OC(COC(=O)CCCCCCCCCCCCCCCC/C=C\C/C=C\C/C=C\C/C=C\CC)COP(=O)([O-])OCC[N+](C)(C)C. The molecule has 10 heteroatoms. The van der Waals surface area contributed by atoms with Crippen molar-refractivity contribution in [2.75, 3.05) is 47.5 Å². The Morgan fingerprint density at radius 2 is 0.730 bits per heavy atom. The Bertz CT molecular complexity index is 1660. The number of rotatable bonds is 52. The summed E-state index contributed by atoms with van der Waals surface area (Å²) in [7, 11) is 1.13. The summed E-state index contributed by atoms with van der Waals surface area (Å²) in [5.41, 5.74) is 0. The highest BCUT2D eigenvalue weighted by molar-refractivity contribution is 7.45. The van der Waals surface area contributed by atoms with E-state index in [0.29, 0.717) is 17.4 Å². The number of likely N-dealkylation sites (N-methyl/N-ethyl adjacent to an activating group) is 1. The first-order valence-corrected chi connectivity index (χ1v) is 30.7. The summed E-state index contributed by atoms with van der Waals surface area (Å²) in [6.45, 7) is 3.97. The minimum absolute atomic E-state index is 0.0425. The summed E-state index contributed by atoms with van der Waals surface area (Å²) in [5, 5.41) is 0. The zero-order valence-electron chi connectivity index (χ0n) is 47.7. The van der Waals surface area contributed by atoms with Crippen LogP contribution in [-0.4, -0.2) is 70.0 Å². The van der Waals surface area contributed by atoms with Gasteiger partial charge in [-0.15, -0.1) is 0 Å². The van der Waals surface area contributed by atoms with Gasteiger partial charge in [-0.2, -0.15) is 0 Å². The molecule has 0 radical (unpaired) electrons. The van der Waals surface area contributed by atoms with E-state index in [1.165, 1.54) is 77.0 Å². The molecule has 0 aromatic carbocycles. The van der Waals surface area contributed by atoms with Crippen LogP contribution in [0.5, 0.6) is 0 Å². The molecule has 0 aliphatic rings. The zero-order valence-corrected chi connectivity index (χ0v) is 48.6. The van der Waals surface area contributed by atoms with Crippen molar-refractivity contribution < 1.29 is 42.1 Å². The van der Waals surface area contributed by atoms with Crippen LogP contribution in [0.2, 0.25) is 0 Å². The van der Waals surface area contributed by atoms with Gasteiger partial charge in [-0.3, -0.25) is 14.2 Å². The summed E-state index contributed by atoms with van der Waals surface area (Å²) >= 11 is 0. The van der Waals surface area contributed by atoms with Gasteiger partial charge in [0.1, 0.15) is 19.8 Å². The number of hydrogen-bond acceptors (Lipinski definition) is 8. The minimum Gasteiger partial charge on any atom is -0.756 e. The minimum atomic E-state index is -4.65. The molecule has 0 heterocycles. The number of esters is 2. The molecule has 422 valence electrons. The summed E-state index contributed by atoms with van der Waals surface area (Å²) in [6.07, 6.45) is 76.7. The molecule has 0 aliphatic heterocycles. The molecule has 0 fully saturated rings. The third-order valence-corrected chi connectivity index (χ3v) is 12.9. The normalized spacial score (nSPS) is 14.2. The summed E-state index contributed by atoms with van der Waals surface area (Å²) in [4.78, 5) is 37.9. The highest BCUT2D eigenvalue weighted by atomic mass is 31.2. The summed E-state index contributed by atoms with van der Waals surface area (Å²) < 4.78 is 34.1. The molecule has 0 rings (SSSR count). The molecule has 0 aromatic heterocycles. The molecule has 74 heavy (non-hydrogen) atoms. The van der Waals surface area contributed by atoms with Crippen LogP contribution in [0.4, 0.5) is 0 Å². The third-order valence-electron chi connectivity index (χ3n) is 12.0. The molecule has 0 saturated carbocycles. The van der Waals surface area contributed by atoms with E-state index in [-0.39, 0.29) is 26.1 Å². The molecule has 2 unspecified atom stereocenters. The van der Waals surface area contributed by atoms with Gasteiger partial charge in [0.05, 0.1) is 27.7 Å². The van der Waals surface area contributed by atoms with Crippen molar-refractivity contribution in [2.45, 2.75) is 225 Å². The maximum Gasteiger partial charge on any atom is 0.306 e. The quantitative estimate of drug-likeness (QED) is 0.0195. The molecule has 0 amide bonds. The summed E-state index contributed by atoms with van der Waals surface area (Å²) in [6, 6.07) is 0. The fourth-order valence-corrected chi connectivity index (χ4v) is 8.26. The van der Waals surface area contributed by atoms with E-state index < -0.39 is 32.5 Å². The fourth-order valence-electron chi connectivity index (χ4n) is 7.53. The molecule has 2 atom stereocenters. The first-order valence-electron chi connectivity index (χ1n) is 29.2. The average molecular weight is 1050 g/mol. The largest absolute Gasteiger partial charge is 0.756 e. The van der Waals surface area contributed by atoms with Gasteiger partial charge in [0.15, 0.2) is 6.10 Å². The number of phosphoric ester groups is 1. The van der Waals surface area contributed by atoms with Crippen molar-refractivity contribution in [3.63, 3.8) is 0 Å². The number of phosphoric acid groups is 1. The monoisotopic (exact) mass is 1050 g/mol. The smallest absolute Gasteiger partial charge is 0.306 e. The van der Waals surface area contributed by atoms with Gasteiger partial charge in [-0.1, -0.05) is 225 Å². The molecule has 0 aliphatic carbocycles. The van der Waals surface area contributed by atoms with Crippen LogP contribution in [0, 0.1) is 0 Å². The fraction of sp³-hybridized carbons (Fsp3) is 0.656. The Kier molecular flexibility index (Phi) is 51.6. The topological polar surface area (TPSA) is 111 Å². The van der Waals surface area contributed by atoms with E-state index >= 15 is 0 Å². The second-order valence-corrected chi connectivity index (χ2v) is 21.7. The lowest BCUT2D eigenvalue weighted by Gasteiger charge is -2.28. The number of carbonyl (C=O) groups excluding carboxylic acids is 2. The van der Waals surface area contributed by atoms with Gasteiger partial charge < -0.3 is 27.9 Å². The average Bonchev–Trinajstić information content (AvgIpc) is 3.36. The highest BCUT2D eigenvalue weighted by Crippen LogP contribution is 2.38. The van der Waals surface area contributed by atoms with Crippen LogP contribution in [0.1, 0.15) is 219 Å². The standard InChI is InChI=1S/C64H108NO8P/c1-6-8-10-12-14-16-18-20-22-24-26-28-30-31-32-33-35-36-38-40-42-44-46-48-50-52-54-56-63(66)70-60-62(61-72-74(68,69)71-59-58-65(3,4)5)73-64(67)57-55-53-51-49-47-45-43-41-39-37-34-29-27-25-23-21-19-17-15-13-11-9-7-2/h8-11,14-17,20-23,26-29,37,39,43,45,62H,6-7,12-13,18-19,24-25,30-36,38,40-42,44,46-61H2,1-5H3/b10-8-,11-9-,16-14-,17-15-,22-20-,23-21-,28-26-,29-27-,39-37-,45-43-. The van der Waals surface area contributed by atoms with Crippen LogP contribution in [0.25, 0.3) is 0 Å². The number of quaternary nitrogens is 1. The molecule has 0 N–H and O–H groups in total. The number of allylic oxidation sites excluding steroid dienone is 20. The van der Waals surface area contributed by atoms with Gasteiger partial charge >= 0.3 is 11.9 Å². The van der Waals surface area contributed by atoms with Gasteiger partial charge in [-0.25, -0.2) is 0 Å². The van der Waals surface area contributed by atoms with E-state index in [9.17, 15) is 19.0 Å². The van der Waals surface area contributed by atoms with E-state index in [0.717, 1.165) is 109 Å². The van der Waals surface area contributed by atoms with Gasteiger partial charge in [0.2, 0.25) is 0 Å². The number of hydrogen-bond donors (Lipinski definition) is 0. The maximum atomic E-state index is 12.8. The summed E-state index contributed by atoms with van der Waals surface area (Å²) in [5.74, 6) is -0.869. The van der Waals surface area contributed by atoms with Crippen LogP contribution in [0.3, 0.4) is 0 Å². The van der Waals surface area contributed by atoms with Crippen molar-refractivity contribution in [3.8, 4) is 0 Å². The zero-order chi connectivity index (χ0) is 54.2. The molecular formula is C64H108NO8P. The second kappa shape index (κ2) is 54.2. The van der Waals surface area contributed by atoms with Crippen LogP contribution in [0.15, 0.2) is 122 Å². The lowest BCUT2D eigenvalue weighted by atomic mass is 10.0. The van der Waals surface area contributed by atoms with Crippen molar-refractivity contribution >= 4 is 19.8 Å². The Hall–Kier alpha value is -3.59. The Morgan fingerprint density at radius 1 is 0.419 bits per heavy atom. The number of unbranched alkanes of at least 4 members (excludes halogenated alkanes) is 18. The second-order valence-electron chi connectivity index (χ2n) is 20.2. The number of ether oxygens (including phenoxy) is 2. The number of nitrogens with zero attached hydrogens (tertiary/aromatic N) is 1. The first-order chi connectivity index (χ1) is 36.0. The molecule has 0 bridgehead atoms. The molecule has 9 nitrogen and oxygen atoms in total. The lowest BCUT2D eigenvalue weighted by Crippen LogP contribution is -2.37. The van der Waals surface area contributed by atoms with Crippen molar-refractivity contribution in [1.29, 1.82) is 0 Å². The van der Waals surface area contributed by atoms with Crippen LogP contribution >= 0.6 is 7.82 Å². The predicted octanol–water partition coefficient (Wildman–Crippen LogP) is 17.7. The van der Waals surface area contributed by atoms with Crippen molar-refractivity contribution in [3.05, 3.63) is 122 Å².